The van der Waals surface area contributed by atoms with Gasteiger partial charge in [0.1, 0.15) is 0 Å². The van der Waals surface area contributed by atoms with Crippen molar-refractivity contribution in [3.63, 3.8) is 0 Å². The largest absolute Gasteiger partial charge is 0.374 e. The molecule has 1 aliphatic heterocycles. The average Bonchev–Trinajstić information content (AvgIpc) is 2.30. The Bertz CT molecular complexity index is 322. The number of rotatable bonds is 2. The fourth-order valence-corrected chi connectivity index (χ4v) is 1.85. The number of aromatic nitrogens is 2. The van der Waals surface area contributed by atoms with Gasteiger partial charge in [0.2, 0.25) is 5.95 Å². The molecule has 1 unspecified atom stereocenters. The van der Waals surface area contributed by atoms with Crippen LogP contribution in [0.2, 0.25) is 0 Å². The molecule has 6 heteroatoms. The van der Waals surface area contributed by atoms with Crippen LogP contribution >= 0.6 is 15.9 Å². The van der Waals surface area contributed by atoms with Gasteiger partial charge in [0.25, 0.3) is 0 Å². The van der Waals surface area contributed by atoms with E-state index in [0.717, 1.165) is 18.4 Å². The summed E-state index contributed by atoms with van der Waals surface area (Å²) in [4.78, 5) is 9.87. The summed E-state index contributed by atoms with van der Waals surface area (Å²) in [5.41, 5.74) is 0. The first-order valence-corrected chi connectivity index (χ1v) is 5.82. The highest BCUT2D eigenvalue weighted by atomic mass is 79.9. The van der Waals surface area contributed by atoms with Gasteiger partial charge in [0.15, 0.2) is 5.82 Å². The summed E-state index contributed by atoms with van der Waals surface area (Å²) in [5.74, 6) is 0.148. The zero-order valence-corrected chi connectivity index (χ0v) is 9.65. The number of morpholine rings is 1. The Morgan fingerprint density at radius 3 is 2.93 bits per heavy atom. The fraction of sp³-hybridized carbons (Fsp3) is 0.556. The Hall–Kier alpha value is -0.750. The molecule has 0 N–H and O–H groups in total. The van der Waals surface area contributed by atoms with Gasteiger partial charge in [-0.25, -0.2) is 14.4 Å². The minimum Gasteiger partial charge on any atom is -0.374 e. The van der Waals surface area contributed by atoms with Gasteiger partial charge in [-0.05, 0) is 0 Å². The molecule has 0 saturated carbocycles. The smallest absolute Gasteiger partial charge is 0.225 e. The highest BCUT2D eigenvalue weighted by Crippen LogP contribution is 2.13. The summed E-state index contributed by atoms with van der Waals surface area (Å²) in [6.07, 6.45) is 2.51. The SMILES string of the molecule is Fc1cnc(N2CCOC(CBr)C2)nc1. The van der Waals surface area contributed by atoms with Crippen LogP contribution in [0.3, 0.4) is 0 Å². The van der Waals surface area contributed by atoms with Crippen molar-refractivity contribution in [2.45, 2.75) is 6.10 Å². The predicted octanol–water partition coefficient (Wildman–Crippen LogP) is 1.22. The van der Waals surface area contributed by atoms with Crippen LogP contribution in [-0.2, 0) is 4.74 Å². The Morgan fingerprint density at radius 2 is 2.27 bits per heavy atom. The standard InChI is InChI=1S/C9H11BrFN3O/c10-3-8-6-14(1-2-15-8)9-12-4-7(11)5-13-9/h4-5,8H,1-3,6H2. The normalized spacial score (nSPS) is 21.7. The number of anilines is 1. The lowest BCUT2D eigenvalue weighted by molar-refractivity contribution is 0.0565. The zero-order chi connectivity index (χ0) is 10.7. The molecule has 1 aliphatic rings. The van der Waals surface area contributed by atoms with Crippen molar-refractivity contribution >= 4 is 21.9 Å². The monoisotopic (exact) mass is 275 g/mol. The Labute approximate surface area is 95.6 Å². The summed E-state index contributed by atoms with van der Waals surface area (Å²) in [5, 5.41) is 0.782. The van der Waals surface area contributed by atoms with Crippen molar-refractivity contribution in [1.29, 1.82) is 0 Å². The van der Waals surface area contributed by atoms with Crippen LogP contribution in [0, 0.1) is 5.82 Å². The molecule has 0 spiro atoms. The van der Waals surface area contributed by atoms with E-state index >= 15 is 0 Å². The molecule has 0 radical (unpaired) electrons. The third-order valence-corrected chi connectivity index (χ3v) is 2.92. The van der Waals surface area contributed by atoms with Crippen molar-refractivity contribution < 1.29 is 9.13 Å². The van der Waals surface area contributed by atoms with Crippen LogP contribution < -0.4 is 4.90 Å². The Kier molecular flexibility index (Phi) is 3.48. The van der Waals surface area contributed by atoms with Crippen LogP contribution in [-0.4, -0.2) is 41.1 Å². The van der Waals surface area contributed by atoms with Crippen molar-refractivity contribution in [3.8, 4) is 0 Å². The van der Waals surface area contributed by atoms with Crippen LogP contribution in [0.15, 0.2) is 12.4 Å². The van der Waals surface area contributed by atoms with Crippen molar-refractivity contribution in [2.24, 2.45) is 0 Å². The van der Waals surface area contributed by atoms with Gasteiger partial charge in [0.05, 0.1) is 25.1 Å². The first-order chi connectivity index (χ1) is 7.29. The average molecular weight is 276 g/mol. The van der Waals surface area contributed by atoms with Crippen molar-refractivity contribution in [3.05, 3.63) is 18.2 Å². The molecule has 4 nitrogen and oxygen atoms in total. The van der Waals surface area contributed by atoms with Crippen LogP contribution in [0.5, 0.6) is 0 Å². The summed E-state index contributed by atoms with van der Waals surface area (Å²) in [6.45, 7) is 2.13. The Morgan fingerprint density at radius 1 is 1.53 bits per heavy atom. The van der Waals surface area contributed by atoms with Crippen LogP contribution in [0.4, 0.5) is 10.3 Å². The minimum atomic E-state index is -0.413. The molecule has 1 atom stereocenters. The molecular weight excluding hydrogens is 265 g/mol. The number of alkyl halides is 1. The number of ether oxygens (including phenoxy) is 1. The second kappa shape index (κ2) is 4.85. The summed E-state index contributed by atoms with van der Waals surface area (Å²) in [7, 11) is 0. The minimum absolute atomic E-state index is 0.146. The molecule has 2 rings (SSSR count). The van der Waals surface area contributed by atoms with Gasteiger partial charge in [-0.15, -0.1) is 0 Å². The number of halogens is 2. The first-order valence-electron chi connectivity index (χ1n) is 4.69. The quantitative estimate of drug-likeness (QED) is 0.761. The highest BCUT2D eigenvalue weighted by molar-refractivity contribution is 9.09. The molecule has 15 heavy (non-hydrogen) atoms. The maximum atomic E-state index is 12.6. The molecule has 1 saturated heterocycles. The van der Waals surface area contributed by atoms with E-state index < -0.39 is 5.82 Å². The molecule has 82 valence electrons. The second-order valence-electron chi connectivity index (χ2n) is 3.29. The molecule has 0 aliphatic carbocycles. The van der Waals surface area contributed by atoms with E-state index in [9.17, 15) is 4.39 Å². The first kappa shape index (κ1) is 10.8. The molecular formula is C9H11BrFN3O. The van der Waals surface area contributed by atoms with E-state index in [0.29, 0.717) is 12.6 Å². The van der Waals surface area contributed by atoms with Gasteiger partial charge in [0, 0.05) is 18.4 Å². The summed E-state index contributed by atoms with van der Waals surface area (Å²) < 4.78 is 18.1. The molecule has 1 aromatic heterocycles. The lowest BCUT2D eigenvalue weighted by Gasteiger charge is -2.31. The second-order valence-corrected chi connectivity index (χ2v) is 3.94. The van der Waals surface area contributed by atoms with E-state index in [-0.39, 0.29) is 6.10 Å². The van der Waals surface area contributed by atoms with Crippen LogP contribution in [0.1, 0.15) is 0 Å². The van der Waals surface area contributed by atoms with Gasteiger partial charge >= 0.3 is 0 Å². The van der Waals surface area contributed by atoms with Crippen LogP contribution in [0.25, 0.3) is 0 Å². The number of hydrogen-bond donors (Lipinski definition) is 0. The van der Waals surface area contributed by atoms with Gasteiger partial charge in [-0.2, -0.15) is 0 Å². The number of nitrogens with zero attached hydrogens (tertiary/aromatic N) is 3. The van der Waals surface area contributed by atoms with E-state index in [1.807, 2.05) is 4.90 Å². The molecule has 0 amide bonds. The lowest BCUT2D eigenvalue weighted by Crippen LogP contribution is -2.44. The Balaban J connectivity index is 2.06. The molecule has 1 aromatic rings. The molecule has 1 fully saturated rings. The summed E-state index contributed by atoms with van der Waals surface area (Å²) >= 11 is 3.37. The topological polar surface area (TPSA) is 38.2 Å². The van der Waals surface area contributed by atoms with Crippen molar-refractivity contribution in [2.75, 3.05) is 29.9 Å². The lowest BCUT2D eigenvalue weighted by atomic mass is 10.3. The predicted molar refractivity (Wildman–Crippen MR) is 57.7 cm³/mol. The maximum absolute atomic E-state index is 12.6. The third kappa shape index (κ3) is 2.63. The molecule has 0 aromatic carbocycles. The zero-order valence-electron chi connectivity index (χ0n) is 8.07. The fourth-order valence-electron chi connectivity index (χ4n) is 1.46. The molecule has 0 bridgehead atoms. The van der Waals surface area contributed by atoms with Gasteiger partial charge in [-0.1, -0.05) is 15.9 Å². The highest BCUT2D eigenvalue weighted by Gasteiger charge is 2.21. The van der Waals surface area contributed by atoms with E-state index in [4.69, 9.17) is 4.74 Å². The number of hydrogen-bond acceptors (Lipinski definition) is 4. The molecule has 2 heterocycles. The van der Waals surface area contributed by atoms with E-state index in [2.05, 4.69) is 25.9 Å². The van der Waals surface area contributed by atoms with Gasteiger partial charge < -0.3 is 9.64 Å². The third-order valence-electron chi connectivity index (χ3n) is 2.20. The van der Waals surface area contributed by atoms with Crippen molar-refractivity contribution in [1.82, 2.24) is 9.97 Å². The van der Waals surface area contributed by atoms with E-state index in [1.54, 1.807) is 0 Å². The van der Waals surface area contributed by atoms with Gasteiger partial charge in [-0.3, -0.25) is 0 Å². The van der Waals surface area contributed by atoms with E-state index in [1.165, 1.54) is 12.4 Å². The maximum Gasteiger partial charge on any atom is 0.225 e. The summed E-state index contributed by atoms with van der Waals surface area (Å²) in [6, 6.07) is 0.